The van der Waals surface area contributed by atoms with Crippen LogP contribution >= 0.6 is 11.3 Å². The molecule has 0 saturated heterocycles. The molecule has 0 atom stereocenters. The third kappa shape index (κ3) is 5.59. The Morgan fingerprint density at radius 2 is 0.917 bits per heavy atom. The molecule has 0 unspecified atom stereocenters. The van der Waals surface area contributed by atoms with Crippen LogP contribution in [0.25, 0.3) is 84.2 Å². The van der Waals surface area contributed by atoms with Crippen LogP contribution in [-0.2, 0) is 0 Å². The quantitative estimate of drug-likeness (QED) is 0.174. The lowest BCUT2D eigenvalue weighted by atomic mass is 10.0. The lowest BCUT2D eigenvalue weighted by Crippen LogP contribution is -2.00. The molecule has 0 bridgehead atoms. The summed E-state index contributed by atoms with van der Waals surface area (Å²) in [6.07, 6.45) is 1.90. The summed E-state index contributed by atoms with van der Waals surface area (Å²) in [7, 11) is 0. The first-order valence-electron chi connectivity index (χ1n) is 15.7. The third-order valence-corrected chi connectivity index (χ3v) is 9.42. The standard InChI is InChI=1S/C42H29N5S/c1-3-35-27(2)48-38-36(29-14-7-4-8-15-29)43-39(44-37(35)38)32-24-22-28(23-25-32)33-20-13-21-34(26-33)42-46-40(30-16-9-5-10-17-30)45-41(47-42)31-18-11-6-12-19-31/h3-26H,1H2,2H3. The smallest absolute Gasteiger partial charge is 0.164 e. The molecule has 0 aliphatic rings. The number of thiophene rings is 1. The van der Waals surface area contributed by atoms with Crippen molar-refractivity contribution in [2.24, 2.45) is 0 Å². The normalized spacial score (nSPS) is 11.1. The summed E-state index contributed by atoms with van der Waals surface area (Å²) in [6.45, 7) is 6.18. The van der Waals surface area contributed by atoms with E-state index in [2.05, 4.69) is 62.0 Å². The van der Waals surface area contributed by atoms with Crippen LogP contribution in [0.5, 0.6) is 0 Å². The number of fused-ring (bicyclic) bond motifs is 1. The first-order valence-corrected chi connectivity index (χ1v) is 16.5. The first kappa shape index (κ1) is 29.3. The van der Waals surface area contributed by atoms with Gasteiger partial charge in [-0.15, -0.1) is 11.3 Å². The second-order valence-electron chi connectivity index (χ2n) is 11.4. The Kier molecular flexibility index (Phi) is 7.69. The Bertz CT molecular complexity index is 2340. The Labute approximate surface area is 283 Å². The fourth-order valence-electron chi connectivity index (χ4n) is 5.85. The summed E-state index contributed by atoms with van der Waals surface area (Å²) in [4.78, 5) is 26.0. The monoisotopic (exact) mass is 635 g/mol. The van der Waals surface area contributed by atoms with Crippen LogP contribution in [0.3, 0.4) is 0 Å². The molecule has 0 radical (unpaired) electrons. The molecule has 3 aromatic heterocycles. The van der Waals surface area contributed by atoms with Crippen LogP contribution in [0, 0.1) is 6.92 Å². The summed E-state index contributed by atoms with van der Waals surface area (Å²) < 4.78 is 1.08. The van der Waals surface area contributed by atoms with E-state index >= 15 is 0 Å². The van der Waals surface area contributed by atoms with Crippen LogP contribution in [0.15, 0.2) is 146 Å². The predicted molar refractivity (Wildman–Crippen MR) is 198 cm³/mol. The Morgan fingerprint density at radius 3 is 1.50 bits per heavy atom. The number of hydrogen-bond acceptors (Lipinski definition) is 6. The van der Waals surface area contributed by atoms with Crippen LogP contribution in [-0.4, -0.2) is 24.9 Å². The lowest BCUT2D eigenvalue weighted by Gasteiger charge is -2.10. The molecular formula is C42H29N5S. The average Bonchev–Trinajstić information content (AvgIpc) is 3.50. The summed E-state index contributed by atoms with van der Waals surface area (Å²) >= 11 is 1.72. The molecule has 0 N–H and O–H groups in total. The fraction of sp³-hybridized carbons (Fsp3) is 0.0238. The average molecular weight is 636 g/mol. The first-order chi connectivity index (χ1) is 23.6. The maximum Gasteiger partial charge on any atom is 0.164 e. The Balaban J connectivity index is 1.18. The van der Waals surface area contributed by atoms with Crippen molar-refractivity contribution in [2.75, 3.05) is 0 Å². The van der Waals surface area contributed by atoms with Gasteiger partial charge in [-0.1, -0.05) is 146 Å². The van der Waals surface area contributed by atoms with Crippen molar-refractivity contribution in [3.05, 3.63) is 157 Å². The van der Waals surface area contributed by atoms with Gasteiger partial charge in [0.15, 0.2) is 23.3 Å². The highest BCUT2D eigenvalue weighted by atomic mass is 32.1. The van der Waals surface area contributed by atoms with Crippen LogP contribution in [0.1, 0.15) is 10.4 Å². The minimum absolute atomic E-state index is 0.625. The van der Waals surface area contributed by atoms with Crippen molar-refractivity contribution in [2.45, 2.75) is 6.92 Å². The molecule has 0 spiro atoms. The van der Waals surface area contributed by atoms with Gasteiger partial charge >= 0.3 is 0 Å². The van der Waals surface area contributed by atoms with E-state index in [1.165, 1.54) is 4.88 Å². The zero-order valence-electron chi connectivity index (χ0n) is 26.2. The van der Waals surface area contributed by atoms with Gasteiger partial charge in [-0.25, -0.2) is 24.9 Å². The minimum atomic E-state index is 0.625. The molecule has 228 valence electrons. The maximum absolute atomic E-state index is 5.10. The van der Waals surface area contributed by atoms with Crippen LogP contribution in [0.2, 0.25) is 0 Å². The predicted octanol–water partition coefficient (Wildman–Crippen LogP) is 10.8. The Hall–Kier alpha value is -6.11. The van der Waals surface area contributed by atoms with Crippen molar-refractivity contribution in [1.82, 2.24) is 24.9 Å². The van der Waals surface area contributed by atoms with Gasteiger partial charge in [0.25, 0.3) is 0 Å². The number of aryl methyl sites for hydroxylation is 1. The molecule has 8 aromatic rings. The zero-order valence-corrected chi connectivity index (χ0v) is 27.0. The van der Waals surface area contributed by atoms with Crippen molar-refractivity contribution in [1.29, 1.82) is 0 Å². The summed E-state index contributed by atoms with van der Waals surface area (Å²) in [5, 5.41) is 0. The molecule has 0 aliphatic carbocycles. The zero-order chi connectivity index (χ0) is 32.5. The molecule has 5 aromatic carbocycles. The fourth-order valence-corrected chi connectivity index (χ4v) is 6.96. The largest absolute Gasteiger partial charge is 0.226 e. The molecule has 6 heteroatoms. The van der Waals surface area contributed by atoms with Gasteiger partial charge < -0.3 is 0 Å². The van der Waals surface area contributed by atoms with Crippen LogP contribution in [0.4, 0.5) is 0 Å². The van der Waals surface area contributed by atoms with Gasteiger partial charge in [-0.3, -0.25) is 0 Å². The number of rotatable bonds is 7. The highest BCUT2D eigenvalue weighted by Gasteiger charge is 2.18. The van der Waals surface area contributed by atoms with E-state index in [1.54, 1.807) is 11.3 Å². The molecule has 0 fully saturated rings. The SMILES string of the molecule is C=Cc1c(C)sc2c(-c3ccccc3)nc(-c3ccc(-c4cccc(-c5nc(-c6ccccc6)nc(-c6ccccc6)n5)c4)cc3)nc12. The number of hydrogen-bond donors (Lipinski definition) is 0. The van der Waals surface area contributed by atoms with Crippen molar-refractivity contribution < 1.29 is 0 Å². The van der Waals surface area contributed by atoms with Crippen molar-refractivity contribution >= 4 is 27.6 Å². The molecule has 0 amide bonds. The summed E-state index contributed by atoms with van der Waals surface area (Å²) in [6, 6.07) is 47.1. The van der Waals surface area contributed by atoms with E-state index in [1.807, 2.05) is 97.1 Å². The van der Waals surface area contributed by atoms with E-state index in [9.17, 15) is 0 Å². The van der Waals surface area contributed by atoms with Crippen molar-refractivity contribution in [3.8, 4) is 67.9 Å². The van der Waals surface area contributed by atoms with E-state index in [0.717, 1.165) is 60.4 Å². The van der Waals surface area contributed by atoms with Gasteiger partial charge in [0.2, 0.25) is 0 Å². The highest BCUT2D eigenvalue weighted by Crippen LogP contribution is 2.38. The topological polar surface area (TPSA) is 64.5 Å². The van der Waals surface area contributed by atoms with Crippen LogP contribution < -0.4 is 0 Å². The molecular weight excluding hydrogens is 607 g/mol. The van der Waals surface area contributed by atoms with Gasteiger partial charge in [0, 0.05) is 38.3 Å². The van der Waals surface area contributed by atoms with Gasteiger partial charge in [-0.05, 0) is 24.1 Å². The minimum Gasteiger partial charge on any atom is -0.226 e. The molecule has 48 heavy (non-hydrogen) atoms. The van der Waals surface area contributed by atoms with E-state index in [4.69, 9.17) is 24.9 Å². The second-order valence-corrected chi connectivity index (χ2v) is 12.6. The van der Waals surface area contributed by atoms with Crippen molar-refractivity contribution in [3.63, 3.8) is 0 Å². The number of benzene rings is 5. The second kappa shape index (κ2) is 12.6. The molecule has 3 heterocycles. The maximum atomic E-state index is 5.10. The van der Waals surface area contributed by atoms with E-state index in [-0.39, 0.29) is 0 Å². The number of aromatic nitrogens is 5. The van der Waals surface area contributed by atoms with Gasteiger partial charge in [-0.2, -0.15) is 0 Å². The summed E-state index contributed by atoms with van der Waals surface area (Å²) in [5.41, 5.74) is 9.90. The highest BCUT2D eigenvalue weighted by molar-refractivity contribution is 7.19. The molecule has 5 nitrogen and oxygen atoms in total. The van der Waals surface area contributed by atoms with Gasteiger partial charge in [0.1, 0.15) is 0 Å². The Morgan fingerprint density at radius 1 is 0.458 bits per heavy atom. The van der Waals surface area contributed by atoms with E-state index < -0.39 is 0 Å². The summed E-state index contributed by atoms with van der Waals surface area (Å²) in [5.74, 6) is 2.60. The molecule has 0 saturated carbocycles. The van der Waals surface area contributed by atoms with Gasteiger partial charge in [0.05, 0.1) is 15.9 Å². The molecule has 0 aliphatic heterocycles. The molecule has 8 rings (SSSR count). The van der Waals surface area contributed by atoms with E-state index in [0.29, 0.717) is 23.3 Å². The number of nitrogens with zero attached hydrogens (tertiary/aromatic N) is 5. The lowest BCUT2D eigenvalue weighted by molar-refractivity contribution is 1.07. The third-order valence-electron chi connectivity index (χ3n) is 8.30.